The lowest BCUT2D eigenvalue weighted by Crippen LogP contribution is -2.41. The standard InChI is InChI=1S/C14H18FNO/c1-2-14(7-9-16-10-8-14)13(17)11-3-5-12(15)6-4-11/h3-6,16H,2,7-10H2,1H3. The Kier molecular flexibility index (Phi) is 3.57. The summed E-state index contributed by atoms with van der Waals surface area (Å²) in [7, 11) is 0. The predicted molar refractivity (Wildman–Crippen MR) is 65.6 cm³/mol. The summed E-state index contributed by atoms with van der Waals surface area (Å²) in [5.74, 6) is -0.126. The molecule has 0 radical (unpaired) electrons. The van der Waals surface area contributed by atoms with Gasteiger partial charge in [-0.2, -0.15) is 0 Å². The number of Topliss-reactive ketones (excluding diaryl/α,β-unsaturated/α-hetero) is 1. The molecule has 0 aromatic heterocycles. The number of carbonyl (C=O) groups is 1. The van der Waals surface area contributed by atoms with Crippen molar-refractivity contribution in [3.63, 3.8) is 0 Å². The lowest BCUT2D eigenvalue weighted by Gasteiger charge is -2.35. The maximum atomic E-state index is 12.8. The van der Waals surface area contributed by atoms with Crippen LogP contribution >= 0.6 is 0 Å². The van der Waals surface area contributed by atoms with E-state index in [1.54, 1.807) is 12.1 Å². The highest BCUT2D eigenvalue weighted by molar-refractivity contribution is 6.00. The van der Waals surface area contributed by atoms with E-state index >= 15 is 0 Å². The molecule has 1 N–H and O–H groups in total. The molecule has 1 heterocycles. The molecule has 0 aliphatic carbocycles. The van der Waals surface area contributed by atoms with Crippen LogP contribution in [0, 0.1) is 11.2 Å². The summed E-state index contributed by atoms with van der Waals surface area (Å²) >= 11 is 0. The monoisotopic (exact) mass is 235 g/mol. The zero-order valence-corrected chi connectivity index (χ0v) is 10.1. The van der Waals surface area contributed by atoms with Gasteiger partial charge in [0.05, 0.1) is 0 Å². The van der Waals surface area contributed by atoms with E-state index in [0.717, 1.165) is 32.4 Å². The van der Waals surface area contributed by atoms with Crippen LogP contribution in [0.2, 0.25) is 0 Å². The minimum Gasteiger partial charge on any atom is -0.317 e. The minimum absolute atomic E-state index is 0.168. The van der Waals surface area contributed by atoms with Crippen LogP contribution in [0.4, 0.5) is 4.39 Å². The third-order valence-electron chi connectivity index (χ3n) is 3.83. The van der Waals surface area contributed by atoms with Crippen LogP contribution < -0.4 is 5.32 Å². The third-order valence-corrected chi connectivity index (χ3v) is 3.83. The quantitative estimate of drug-likeness (QED) is 0.816. The van der Waals surface area contributed by atoms with E-state index in [1.807, 2.05) is 0 Å². The van der Waals surface area contributed by atoms with Crippen molar-refractivity contribution in [2.75, 3.05) is 13.1 Å². The van der Waals surface area contributed by atoms with E-state index in [1.165, 1.54) is 12.1 Å². The fourth-order valence-corrected chi connectivity index (χ4v) is 2.55. The molecule has 0 atom stereocenters. The van der Waals surface area contributed by atoms with Gasteiger partial charge in [-0.1, -0.05) is 6.92 Å². The molecule has 0 bridgehead atoms. The van der Waals surface area contributed by atoms with Gasteiger partial charge in [-0.15, -0.1) is 0 Å². The molecule has 1 aliphatic heterocycles. The Morgan fingerprint density at radius 2 is 1.88 bits per heavy atom. The average molecular weight is 235 g/mol. The number of nitrogens with one attached hydrogen (secondary N) is 1. The number of rotatable bonds is 3. The van der Waals surface area contributed by atoms with E-state index in [4.69, 9.17) is 0 Å². The summed E-state index contributed by atoms with van der Waals surface area (Å²) in [4.78, 5) is 12.5. The fourth-order valence-electron chi connectivity index (χ4n) is 2.55. The van der Waals surface area contributed by atoms with Crippen molar-refractivity contribution in [2.45, 2.75) is 26.2 Å². The zero-order chi connectivity index (χ0) is 12.3. The van der Waals surface area contributed by atoms with E-state index in [9.17, 15) is 9.18 Å². The Balaban J connectivity index is 2.25. The summed E-state index contributed by atoms with van der Waals surface area (Å²) in [6.45, 7) is 3.84. The largest absolute Gasteiger partial charge is 0.317 e. The number of ketones is 1. The third kappa shape index (κ3) is 2.39. The van der Waals surface area contributed by atoms with Crippen molar-refractivity contribution in [1.82, 2.24) is 5.32 Å². The molecule has 1 saturated heterocycles. The van der Waals surface area contributed by atoms with Gasteiger partial charge in [-0.3, -0.25) is 4.79 Å². The van der Waals surface area contributed by atoms with Gasteiger partial charge in [-0.25, -0.2) is 4.39 Å². The molecule has 0 saturated carbocycles. The van der Waals surface area contributed by atoms with Crippen molar-refractivity contribution in [2.24, 2.45) is 5.41 Å². The fraction of sp³-hybridized carbons (Fsp3) is 0.500. The molecule has 1 aromatic rings. The van der Waals surface area contributed by atoms with Crippen LogP contribution in [-0.4, -0.2) is 18.9 Å². The van der Waals surface area contributed by atoms with Crippen molar-refractivity contribution < 1.29 is 9.18 Å². The highest BCUT2D eigenvalue weighted by atomic mass is 19.1. The first kappa shape index (κ1) is 12.2. The normalized spacial score (nSPS) is 18.9. The van der Waals surface area contributed by atoms with Crippen LogP contribution in [0.5, 0.6) is 0 Å². The van der Waals surface area contributed by atoms with Gasteiger partial charge in [0.15, 0.2) is 5.78 Å². The van der Waals surface area contributed by atoms with Gasteiger partial charge in [0.1, 0.15) is 5.82 Å². The molecule has 92 valence electrons. The van der Waals surface area contributed by atoms with Crippen molar-refractivity contribution in [3.05, 3.63) is 35.6 Å². The number of hydrogen-bond donors (Lipinski definition) is 1. The summed E-state index contributed by atoms with van der Waals surface area (Å²) in [5.41, 5.74) is 0.387. The zero-order valence-electron chi connectivity index (χ0n) is 10.1. The van der Waals surface area contributed by atoms with Crippen LogP contribution in [0.3, 0.4) is 0 Å². The van der Waals surface area contributed by atoms with Crippen LogP contribution in [0.1, 0.15) is 36.5 Å². The number of halogens is 1. The first-order valence-electron chi connectivity index (χ1n) is 6.19. The van der Waals surface area contributed by atoms with Gasteiger partial charge < -0.3 is 5.32 Å². The SMILES string of the molecule is CCC1(C(=O)c2ccc(F)cc2)CCNCC1. The van der Waals surface area contributed by atoms with E-state index in [0.29, 0.717) is 5.56 Å². The lowest BCUT2D eigenvalue weighted by molar-refractivity contribution is 0.0717. The van der Waals surface area contributed by atoms with Crippen molar-refractivity contribution >= 4 is 5.78 Å². The lowest BCUT2D eigenvalue weighted by atomic mass is 9.71. The molecule has 0 spiro atoms. The molecule has 17 heavy (non-hydrogen) atoms. The Labute approximate surface area is 101 Å². The molecular weight excluding hydrogens is 217 g/mol. The van der Waals surface area contributed by atoms with Crippen LogP contribution in [0.25, 0.3) is 0 Å². The van der Waals surface area contributed by atoms with Gasteiger partial charge in [0.2, 0.25) is 0 Å². The first-order chi connectivity index (χ1) is 8.18. The van der Waals surface area contributed by atoms with Gasteiger partial charge in [0, 0.05) is 11.0 Å². The number of carbonyl (C=O) groups excluding carboxylic acids is 1. The van der Waals surface area contributed by atoms with E-state index < -0.39 is 0 Å². The van der Waals surface area contributed by atoms with Gasteiger partial charge in [-0.05, 0) is 56.6 Å². The van der Waals surface area contributed by atoms with Gasteiger partial charge >= 0.3 is 0 Å². The second kappa shape index (κ2) is 4.96. The van der Waals surface area contributed by atoms with Crippen LogP contribution in [-0.2, 0) is 0 Å². The maximum absolute atomic E-state index is 12.8. The summed E-state index contributed by atoms with van der Waals surface area (Å²) in [6, 6.07) is 5.91. The predicted octanol–water partition coefficient (Wildman–Crippen LogP) is 2.79. The number of benzene rings is 1. The Morgan fingerprint density at radius 3 is 2.41 bits per heavy atom. The van der Waals surface area contributed by atoms with Gasteiger partial charge in [0.25, 0.3) is 0 Å². The average Bonchev–Trinajstić information content (AvgIpc) is 2.39. The Morgan fingerprint density at radius 1 is 1.29 bits per heavy atom. The molecule has 2 nitrogen and oxygen atoms in total. The molecule has 1 fully saturated rings. The molecule has 3 heteroatoms. The topological polar surface area (TPSA) is 29.1 Å². The second-order valence-electron chi connectivity index (χ2n) is 4.72. The highest BCUT2D eigenvalue weighted by Crippen LogP contribution is 2.36. The smallest absolute Gasteiger partial charge is 0.169 e. The maximum Gasteiger partial charge on any atom is 0.169 e. The Hall–Kier alpha value is -1.22. The van der Waals surface area contributed by atoms with Crippen LogP contribution in [0.15, 0.2) is 24.3 Å². The van der Waals surface area contributed by atoms with E-state index in [-0.39, 0.29) is 17.0 Å². The number of piperidine rings is 1. The number of hydrogen-bond acceptors (Lipinski definition) is 2. The second-order valence-corrected chi connectivity index (χ2v) is 4.72. The summed E-state index contributed by atoms with van der Waals surface area (Å²) in [5, 5.41) is 3.28. The Bertz CT molecular complexity index is 393. The molecule has 0 amide bonds. The van der Waals surface area contributed by atoms with Crippen molar-refractivity contribution in [1.29, 1.82) is 0 Å². The molecule has 1 aliphatic rings. The molecule has 0 unspecified atom stereocenters. The highest BCUT2D eigenvalue weighted by Gasteiger charge is 2.37. The summed E-state index contributed by atoms with van der Waals surface area (Å²) < 4.78 is 12.8. The van der Waals surface area contributed by atoms with Crippen molar-refractivity contribution in [3.8, 4) is 0 Å². The molecule has 1 aromatic carbocycles. The first-order valence-corrected chi connectivity index (χ1v) is 6.19. The van der Waals surface area contributed by atoms with E-state index in [2.05, 4.69) is 12.2 Å². The molecular formula is C14H18FNO. The minimum atomic E-state index is -0.294. The molecule has 2 rings (SSSR count). The summed E-state index contributed by atoms with van der Waals surface area (Å²) in [6.07, 6.45) is 2.60.